The molecule has 1 aliphatic heterocycles. The Balaban J connectivity index is 1.36. The predicted octanol–water partition coefficient (Wildman–Crippen LogP) is 3.67. The lowest BCUT2D eigenvalue weighted by Gasteiger charge is -2.25. The number of amides is 3. The highest BCUT2D eigenvalue weighted by atomic mass is 16.6. The third-order valence-electron chi connectivity index (χ3n) is 6.16. The second-order valence-electron chi connectivity index (χ2n) is 8.62. The molecule has 0 radical (unpaired) electrons. The monoisotopic (exact) mass is 471 g/mol. The van der Waals surface area contributed by atoms with E-state index in [-0.39, 0.29) is 13.0 Å². The Labute approximate surface area is 204 Å². The number of hydrogen-bond acceptors (Lipinski definition) is 4. The van der Waals surface area contributed by atoms with E-state index in [9.17, 15) is 14.4 Å². The minimum Gasteiger partial charge on any atom is -0.445 e. The van der Waals surface area contributed by atoms with Crippen molar-refractivity contribution < 1.29 is 19.1 Å². The molecule has 0 unspecified atom stereocenters. The fourth-order valence-electron chi connectivity index (χ4n) is 4.25. The molecule has 180 valence electrons. The molecule has 0 aromatic heterocycles. The quantitative estimate of drug-likeness (QED) is 0.523. The van der Waals surface area contributed by atoms with Gasteiger partial charge in [0.1, 0.15) is 18.7 Å². The standard InChI is InChI=1S/C28H29N3O4/c29-26(32)24(18-20-13-15-23(16-14-20)22-10-5-2-6-11-22)30-27(33)25-12-7-17-31(25)28(34)35-19-21-8-3-1-4-9-21/h1-6,8-11,13-16,24-25H,7,12,17-19H2,(H2,29,32)(H,30,33)/t24-,25+/m0/s1. The molecule has 7 nitrogen and oxygen atoms in total. The number of nitrogens with zero attached hydrogens (tertiary/aromatic N) is 1. The summed E-state index contributed by atoms with van der Waals surface area (Å²) in [6, 6.07) is 25.6. The Bertz CT molecular complexity index is 1150. The van der Waals surface area contributed by atoms with E-state index in [2.05, 4.69) is 5.32 Å². The summed E-state index contributed by atoms with van der Waals surface area (Å²) in [6.07, 6.45) is 0.907. The number of rotatable bonds is 8. The number of nitrogens with one attached hydrogen (secondary N) is 1. The highest BCUT2D eigenvalue weighted by Crippen LogP contribution is 2.21. The van der Waals surface area contributed by atoms with Crippen LogP contribution in [-0.4, -0.2) is 41.4 Å². The van der Waals surface area contributed by atoms with Crippen LogP contribution in [0.2, 0.25) is 0 Å². The second kappa shape index (κ2) is 11.3. The van der Waals surface area contributed by atoms with Gasteiger partial charge in [0, 0.05) is 13.0 Å². The first-order valence-corrected chi connectivity index (χ1v) is 11.7. The fraction of sp³-hybridized carbons (Fsp3) is 0.250. The summed E-state index contributed by atoms with van der Waals surface area (Å²) in [6.45, 7) is 0.557. The van der Waals surface area contributed by atoms with Gasteiger partial charge in [0.15, 0.2) is 0 Å². The smallest absolute Gasteiger partial charge is 0.410 e. The highest BCUT2D eigenvalue weighted by Gasteiger charge is 2.36. The number of carbonyl (C=O) groups excluding carboxylic acids is 3. The number of ether oxygens (including phenoxy) is 1. The minimum absolute atomic E-state index is 0.132. The first-order chi connectivity index (χ1) is 17.0. The molecule has 0 bridgehead atoms. The first kappa shape index (κ1) is 24.0. The number of likely N-dealkylation sites (tertiary alicyclic amines) is 1. The van der Waals surface area contributed by atoms with Crippen LogP contribution in [0.25, 0.3) is 11.1 Å². The van der Waals surface area contributed by atoms with E-state index in [4.69, 9.17) is 10.5 Å². The van der Waals surface area contributed by atoms with Gasteiger partial charge in [0.25, 0.3) is 0 Å². The van der Waals surface area contributed by atoms with Gasteiger partial charge in [-0.1, -0.05) is 84.9 Å². The molecule has 35 heavy (non-hydrogen) atoms. The lowest BCUT2D eigenvalue weighted by Crippen LogP contribution is -2.53. The lowest BCUT2D eigenvalue weighted by atomic mass is 10.00. The van der Waals surface area contributed by atoms with Crippen LogP contribution in [0.1, 0.15) is 24.0 Å². The van der Waals surface area contributed by atoms with Gasteiger partial charge in [0.2, 0.25) is 11.8 Å². The summed E-state index contributed by atoms with van der Waals surface area (Å²) >= 11 is 0. The van der Waals surface area contributed by atoms with Gasteiger partial charge in [-0.15, -0.1) is 0 Å². The summed E-state index contributed by atoms with van der Waals surface area (Å²) in [5, 5.41) is 2.75. The molecule has 1 saturated heterocycles. The summed E-state index contributed by atoms with van der Waals surface area (Å²) in [5.74, 6) is -1.02. The molecule has 0 aliphatic carbocycles. The number of nitrogens with two attached hydrogens (primary N) is 1. The third-order valence-corrected chi connectivity index (χ3v) is 6.16. The van der Waals surface area contributed by atoms with Gasteiger partial charge >= 0.3 is 6.09 Å². The van der Waals surface area contributed by atoms with Crippen LogP contribution in [0.15, 0.2) is 84.9 Å². The van der Waals surface area contributed by atoms with Crippen molar-refractivity contribution >= 4 is 17.9 Å². The van der Waals surface area contributed by atoms with Gasteiger partial charge < -0.3 is 15.8 Å². The zero-order valence-electron chi connectivity index (χ0n) is 19.4. The molecule has 3 amide bonds. The molecule has 4 rings (SSSR count). The number of carbonyl (C=O) groups is 3. The van der Waals surface area contributed by atoms with Crippen LogP contribution in [0, 0.1) is 0 Å². The van der Waals surface area contributed by atoms with Gasteiger partial charge in [-0.2, -0.15) is 0 Å². The molecule has 3 aromatic carbocycles. The van der Waals surface area contributed by atoms with Crippen LogP contribution in [0.4, 0.5) is 4.79 Å². The van der Waals surface area contributed by atoms with Crippen molar-refractivity contribution in [3.05, 3.63) is 96.1 Å². The van der Waals surface area contributed by atoms with E-state index < -0.39 is 30.0 Å². The molecule has 1 heterocycles. The van der Waals surface area contributed by atoms with Crippen molar-refractivity contribution in [1.82, 2.24) is 10.2 Å². The molecular formula is C28H29N3O4. The van der Waals surface area contributed by atoms with Gasteiger partial charge in [0.05, 0.1) is 0 Å². The van der Waals surface area contributed by atoms with E-state index in [0.717, 1.165) is 22.3 Å². The van der Waals surface area contributed by atoms with Crippen molar-refractivity contribution in [2.45, 2.75) is 38.0 Å². The first-order valence-electron chi connectivity index (χ1n) is 11.7. The average Bonchev–Trinajstić information content (AvgIpc) is 3.39. The summed E-state index contributed by atoms with van der Waals surface area (Å²) in [4.78, 5) is 39.2. The topological polar surface area (TPSA) is 102 Å². The van der Waals surface area contributed by atoms with Crippen molar-refractivity contribution in [1.29, 1.82) is 0 Å². The van der Waals surface area contributed by atoms with Crippen LogP contribution >= 0.6 is 0 Å². The SMILES string of the molecule is NC(=O)[C@H](Cc1ccc(-c2ccccc2)cc1)NC(=O)[C@H]1CCCN1C(=O)OCc1ccccc1. The Kier molecular flexibility index (Phi) is 7.77. The van der Waals surface area contributed by atoms with Crippen LogP contribution in [0.3, 0.4) is 0 Å². The normalized spacial score (nSPS) is 15.9. The maximum atomic E-state index is 13.0. The summed E-state index contributed by atoms with van der Waals surface area (Å²) < 4.78 is 5.40. The van der Waals surface area contributed by atoms with E-state index in [1.165, 1.54) is 4.90 Å². The molecule has 7 heteroatoms. The number of primary amides is 1. The zero-order chi connectivity index (χ0) is 24.6. The molecular weight excluding hydrogens is 442 g/mol. The number of benzene rings is 3. The van der Waals surface area contributed by atoms with E-state index in [0.29, 0.717) is 19.4 Å². The van der Waals surface area contributed by atoms with Crippen molar-refractivity contribution in [3.8, 4) is 11.1 Å². The molecule has 3 N–H and O–H groups in total. The van der Waals surface area contributed by atoms with Gasteiger partial charge in [-0.25, -0.2) is 4.79 Å². The highest BCUT2D eigenvalue weighted by molar-refractivity contribution is 5.91. The molecule has 3 aromatic rings. The predicted molar refractivity (Wildman–Crippen MR) is 133 cm³/mol. The molecule has 0 spiro atoms. The zero-order valence-corrected chi connectivity index (χ0v) is 19.4. The molecule has 0 saturated carbocycles. The van der Waals surface area contributed by atoms with Gasteiger partial charge in [-0.3, -0.25) is 14.5 Å². The second-order valence-corrected chi connectivity index (χ2v) is 8.62. The van der Waals surface area contributed by atoms with Crippen LogP contribution < -0.4 is 11.1 Å². The maximum absolute atomic E-state index is 13.0. The van der Waals surface area contributed by atoms with Crippen molar-refractivity contribution in [2.24, 2.45) is 5.73 Å². The lowest BCUT2D eigenvalue weighted by molar-refractivity contribution is -0.130. The molecule has 1 aliphatic rings. The van der Waals surface area contributed by atoms with Crippen LogP contribution in [-0.2, 0) is 27.4 Å². The van der Waals surface area contributed by atoms with E-state index >= 15 is 0 Å². The largest absolute Gasteiger partial charge is 0.445 e. The number of hydrogen-bond donors (Lipinski definition) is 2. The van der Waals surface area contributed by atoms with Gasteiger partial charge in [-0.05, 0) is 35.1 Å². The Hall–Kier alpha value is -4.13. The van der Waals surface area contributed by atoms with Crippen LogP contribution in [0.5, 0.6) is 0 Å². The van der Waals surface area contributed by atoms with Crippen molar-refractivity contribution in [2.75, 3.05) is 6.54 Å². The maximum Gasteiger partial charge on any atom is 0.410 e. The summed E-state index contributed by atoms with van der Waals surface area (Å²) in [7, 11) is 0. The van der Waals surface area contributed by atoms with E-state index in [1.807, 2.05) is 84.9 Å². The molecule has 2 atom stereocenters. The Morgan fingerprint density at radius 3 is 2.17 bits per heavy atom. The van der Waals surface area contributed by atoms with Crippen molar-refractivity contribution in [3.63, 3.8) is 0 Å². The Morgan fingerprint density at radius 2 is 1.51 bits per heavy atom. The molecule has 1 fully saturated rings. The summed E-state index contributed by atoms with van der Waals surface area (Å²) in [5.41, 5.74) is 9.50. The Morgan fingerprint density at radius 1 is 0.886 bits per heavy atom. The minimum atomic E-state index is -0.882. The van der Waals surface area contributed by atoms with E-state index in [1.54, 1.807) is 0 Å². The fourth-order valence-corrected chi connectivity index (χ4v) is 4.25. The average molecular weight is 472 g/mol. The third kappa shape index (κ3) is 6.26.